The van der Waals surface area contributed by atoms with Gasteiger partial charge in [-0.2, -0.15) is 0 Å². The maximum Gasteiger partial charge on any atom is 0.316 e. The summed E-state index contributed by atoms with van der Waals surface area (Å²) >= 11 is 0. The van der Waals surface area contributed by atoms with E-state index >= 15 is 0 Å². The Bertz CT molecular complexity index is 224. The molecule has 0 atom stereocenters. The Hall–Kier alpha value is -1.51. The summed E-state index contributed by atoms with van der Waals surface area (Å²) in [6, 6.07) is -0.600. The molecule has 0 aromatic heterocycles. The standard InChI is InChI=1S/C8H12N2O.2H2/c1-4-7(5-6(2)3)10-8(9)11;;/h4-5H,1-2H2,3H3,(H3,9,10,11);2*1H/b7-5+;;. The van der Waals surface area contributed by atoms with Gasteiger partial charge in [0.25, 0.3) is 0 Å². The number of allylic oxidation sites excluding steroid dienone is 3. The number of nitrogens with one attached hydrogen (secondary N) is 1. The Morgan fingerprint density at radius 1 is 1.73 bits per heavy atom. The summed E-state index contributed by atoms with van der Waals surface area (Å²) in [5.74, 6) is 0. The summed E-state index contributed by atoms with van der Waals surface area (Å²) in [6.07, 6.45) is 3.18. The lowest BCUT2D eigenvalue weighted by atomic mass is 10.3. The molecule has 2 amide bonds. The van der Waals surface area contributed by atoms with Gasteiger partial charge in [0.15, 0.2) is 0 Å². The van der Waals surface area contributed by atoms with Gasteiger partial charge in [0, 0.05) is 8.55 Å². The van der Waals surface area contributed by atoms with E-state index in [1.807, 2.05) is 6.92 Å². The van der Waals surface area contributed by atoms with E-state index in [0.717, 1.165) is 5.57 Å². The van der Waals surface area contributed by atoms with Gasteiger partial charge in [-0.1, -0.05) is 18.7 Å². The van der Waals surface area contributed by atoms with Gasteiger partial charge in [-0.3, -0.25) is 0 Å². The number of hydrogen-bond donors (Lipinski definition) is 2. The first kappa shape index (κ1) is 9.49. The number of amides is 2. The normalized spacial score (nSPS) is 10.5. The van der Waals surface area contributed by atoms with E-state index in [4.69, 9.17) is 5.73 Å². The molecule has 0 radical (unpaired) electrons. The van der Waals surface area contributed by atoms with Crippen molar-refractivity contribution < 1.29 is 7.65 Å². The molecule has 0 spiro atoms. The highest BCUT2D eigenvalue weighted by atomic mass is 16.2. The van der Waals surface area contributed by atoms with Gasteiger partial charge in [0.2, 0.25) is 0 Å². The average molecular weight is 156 g/mol. The van der Waals surface area contributed by atoms with Crippen molar-refractivity contribution in [1.29, 1.82) is 0 Å². The first-order chi connectivity index (χ1) is 5.06. The van der Waals surface area contributed by atoms with Crippen LogP contribution in [0.2, 0.25) is 0 Å². The second-order valence-electron chi connectivity index (χ2n) is 2.14. The van der Waals surface area contributed by atoms with Gasteiger partial charge in [-0.05, 0) is 19.1 Å². The molecular formula is C8H16N2O. The number of urea groups is 1. The number of rotatable bonds is 3. The molecule has 0 fully saturated rings. The lowest BCUT2D eigenvalue weighted by Gasteiger charge is -2.00. The first-order valence-corrected chi connectivity index (χ1v) is 3.12. The molecule has 0 rings (SSSR count). The molecule has 0 aliphatic carbocycles. The Balaban J connectivity index is -0.000000500. The van der Waals surface area contributed by atoms with Crippen LogP contribution in [0, 0.1) is 0 Å². The molecule has 0 heterocycles. The monoisotopic (exact) mass is 156 g/mol. The van der Waals surface area contributed by atoms with E-state index in [1.165, 1.54) is 6.08 Å². The highest BCUT2D eigenvalue weighted by Crippen LogP contribution is 1.96. The van der Waals surface area contributed by atoms with Crippen LogP contribution in [0.3, 0.4) is 0 Å². The fraction of sp³-hybridized carbons (Fsp3) is 0.125. The maximum absolute atomic E-state index is 10.3. The van der Waals surface area contributed by atoms with Crippen molar-refractivity contribution in [3.8, 4) is 0 Å². The molecule has 0 aromatic carbocycles. The molecule has 3 heteroatoms. The van der Waals surface area contributed by atoms with E-state index < -0.39 is 6.03 Å². The van der Waals surface area contributed by atoms with Gasteiger partial charge in [-0.15, -0.1) is 0 Å². The Labute approximate surface area is 69.2 Å². The Morgan fingerprint density at radius 3 is 2.55 bits per heavy atom. The van der Waals surface area contributed by atoms with Crippen molar-refractivity contribution in [2.24, 2.45) is 5.73 Å². The quantitative estimate of drug-likeness (QED) is 0.601. The summed E-state index contributed by atoms with van der Waals surface area (Å²) in [7, 11) is 0. The van der Waals surface area contributed by atoms with E-state index in [0.29, 0.717) is 5.70 Å². The number of primary amides is 1. The number of carbonyl (C=O) groups is 1. The second kappa shape index (κ2) is 4.33. The average Bonchev–Trinajstić information content (AvgIpc) is 1.84. The van der Waals surface area contributed by atoms with Crippen molar-refractivity contribution in [1.82, 2.24) is 5.32 Å². The smallest absolute Gasteiger partial charge is 0.316 e. The van der Waals surface area contributed by atoms with Gasteiger partial charge < -0.3 is 11.1 Å². The zero-order valence-corrected chi connectivity index (χ0v) is 6.55. The lowest BCUT2D eigenvalue weighted by Crippen LogP contribution is -2.27. The topological polar surface area (TPSA) is 55.1 Å². The molecule has 0 aromatic rings. The fourth-order valence-electron chi connectivity index (χ4n) is 0.554. The van der Waals surface area contributed by atoms with Crippen molar-refractivity contribution in [3.05, 3.63) is 36.6 Å². The minimum Gasteiger partial charge on any atom is -0.351 e. The van der Waals surface area contributed by atoms with E-state index in [-0.39, 0.29) is 2.85 Å². The molecule has 0 bridgehead atoms. The molecule has 64 valence electrons. The van der Waals surface area contributed by atoms with Crippen LogP contribution in [0.1, 0.15) is 9.78 Å². The maximum atomic E-state index is 10.3. The predicted molar refractivity (Wildman–Crippen MR) is 50.0 cm³/mol. The summed E-state index contributed by atoms with van der Waals surface area (Å²) in [5.41, 5.74) is 6.26. The van der Waals surface area contributed by atoms with Crippen LogP contribution < -0.4 is 11.1 Å². The zero-order chi connectivity index (χ0) is 8.85. The molecule has 3 N–H and O–H groups in total. The molecule has 0 aliphatic heterocycles. The third-order valence-electron chi connectivity index (χ3n) is 0.889. The van der Waals surface area contributed by atoms with Gasteiger partial charge in [-0.25, -0.2) is 4.79 Å². The van der Waals surface area contributed by atoms with E-state index in [9.17, 15) is 4.79 Å². The molecule has 0 aliphatic rings. The van der Waals surface area contributed by atoms with Crippen molar-refractivity contribution in [2.75, 3.05) is 0 Å². The fourth-order valence-corrected chi connectivity index (χ4v) is 0.554. The third kappa shape index (κ3) is 4.96. The van der Waals surface area contributed by atoms with Crippen LogP contribution in [0.4, 0.5) is 4.79 Å². The largest absolute Gasteiger partial charge is 0.351 e. The minimum absolute atomic E-state index is 0. The second-order valence-corrected chi connectivity index (χ2v) is 2.14. The number of carbonyl (C=O) groups excluding carboxylic acids is 1. The van der Waals surface area contributed by atoms with Crippen molar-refractivity contribution in [2.45, 2.75) is 6.92 Å². The van der Waals surface area contributed by atoms with Gasteiger partial charge >= 0.3 is 6.03 Å². The molecule has 0 unspecified atom stereocenters. The Kier molecular flexibility index (Phi) is 3.73. The van der Waals surface area contributed by atoms with Crippen LogP contribution in [0.15, 0.2) is 36.6 Å². The highest BCUT2D eigenvalue weighted by Gasteiger charge is 1.93. The first-order valence-electron chi connectivity index (χ1n) is 3.12. The lowest BCUT2D eigenvalue weighted by molar-refractivity contribution is 0.251. The molecule has 0 saturated carbocycles. The summed E-state index contributed by atoms with van der Waals surface area (Å²) < 4.78 is 0. The van der Waals surface area contributed by atoms with Crippen molar-refractivity contribution >= 4 is 6.03 Å². The number of hydrogen-bond acceptors (Lipinski definition) is 1. The third-order valence-corrected chi connectivity index (χ3v) is 0.889. The molecule has 3 nitrogen and oxygen atoms in total. The van der Waals surface area contributed by atoms with Crippen LogP contribution in [0.25, 0.3) is 0 Å². The number of nitrogens with two attached hydrogens (primary N) is 1. The summed E-state index contributed by atoms with van der Waals surface area (Å²) in [6.45, 7) is 8.93. The Morgan fingerprint density at radius 2 is 2.27 bits per heavy atom. The SMILES string of the molecule is C=C/C(=C\C(=C)C)NC(N)=O.[HH].[HH]. The summed E-state index contributed by atoms with van der Waals surface area (Å²) in [4.78, 5) is 10.3. The minimum atomic E-state index is -0.600. The van der Waals surface area contributed by atoms with Crippen LogP contribution >= 0.6 is 0 Å². The van der Waals surface area contributed by atoms with Crippen molar-refractivity contribution in [3.63, 3.8) is 0 Å². The van der Waals surface area contributed by atoms with E-state index in [2.05, 4.69) is 18.5 Å². The van der Waals surface area contributed by atoms with Crippen LogP contribution in [0.5, 0.6) is 0 Å². The molecular weight excluding hydrogens is 140 g/mol. The molecule has 11 heavy (non-hydrogen) atoms. The highest BCUT2D eigenvalue weighted by molar-refractivity contribution is 5.74. The van der Waals surface area contributed by atoms with E-state index in [1.54, 1.807) is 6.08 Å². The van der Waals surface area contributed by atoms with Gasteiger partial charge in [0.1, 0.15) is 0 Å². The van der Waals surface area contributed by atoms with Gasteiger partial charge in [0.05, 0.1) is 0 Å². The zero-order valence-electron chi connectivity index (χ0n) is 6.55. The van der Waals surface area contributed by atoms with Crippen LogP contribution in [-0.4, -0.2) is 6.03 Å². The molecule has 0 saturated heterocycles. The predicted octanol–water partition coefficient (Wildman–Crippen LogP) is 1.79. The summed E-state index contributed by atoms with van der Waals surface area (Å²) in [5, 5.41) is 2.38. The van der Waals surface area contributed by atoms with Crippen LogP contribution in [-0.2, 0) is 0 Å².